The first-order valence-corrected chi connectivity index (χ1v) is 8.87. The number of urea groups is 1. The summed E-state index contributed by atoms with van der Waals surface area (Å²) < 4.78 is 7.30. The zero-order valence-corrected chi connectivity index (χ0v) is 15.0. The van der Waals surface area contributed by atoms with Gasteiger partial charge in [-0.25, -0.2) is 4.79 Å². The van der Waals surface area contributed by atoms with Gasteiger partial charge in [0.2, 0.25) is 0 Å². The number of piperidine rings is 1. The molecule has 1 aliphatic heterocycles. The number of hydrogen-bond donors (Lipinski definition) is 1. The zero-order valence-electron chi connectivity index (χ0n) is 15.0. The number of hydrogen-bond acceptors (Lipinski definition) is 4. The van der Waals surface area contributed by atoms with E-state index in [1.807, 2.05) is 40.9 Å². The Hall–Kier alpha value is -2.28. The van der Waals surface area contributed by atoms with Crippen molar-refractivity contribution >= 4 is 6.03 Å². The maximum atomic E-state index is 12.9. The number of furan rings is 1. The van der Waals surface area contributed by atoms with E-state index in [-0.39, 0.29) is 18.1 Å². The molecule has 1 N–H and O–H groups in total. The van der Waals surface area contributed by atoms with Crippen molar-refractivity contribution in [3.8, 4) is 0 Å². The number of nitrogens with one attached hydrogen (secondary N) is 1. The highest BCUT2D eigenvalue weighted by atomic mass is 16.3. The lowest BCUT2D eigenvalue weighted by Crippen LogP contribution is -2.52. The van der Waals surface area contributed by atoms with E-state index in [4.69, 9.17) is 4.42 Å². The van der Waals surface area contributed by atoms with Crippen LogP contribution in [-0.2, 0) is 13.1 Å². The second-order valence-corrected chi connectivity index (χ2v) is 6.82. The van der Waals surface area contributed by atoms with E-state index >= 15 is 0 Å². The van der Waals surface area contributed by atoms with Crippen LogP contribution in [0.15, 0.2) is 41.3 Å². The van der Waals surface area contributed by atoms with Crippen molar-refractivity contribution in [1.82, 2.24) is 24.9 Å². The number of aromatic nitrogens is 2. The first kappa shape index (κ1) is 17.5. The lowest BCUT2D eigenvalue weighted by atomic mass is 10.0. The summed E-state index contributed by atoms with van der Waals surface area (Å²) in [5.74, 6) is 0.814. The molecule has 3 rings (SSSR count). The van der Waals surface area contributed by atoms with Crippen LogP contribution in [0.4, 0.5) is 4.79 Å². The number of amides is 2. The molecule has 0 aliphatic carbocycles. The molecule has 0 spiro atoms. The van der Waals surface area contributed by atoms with Crippen molar-refractivity contribution in [2.24, 2.45) is 0 Å². The molecule has 1 atom stereocenters. The zero-order chi connectivity index (χ0) is 17.6. The van der Waals surface area contributed by atoms with Gasteiger partial charge in [0.1, 0.15) is 5.76 Å². The highest BCUT2D eigenvalue weighted by Crippen LogP contribution is 2.19. The molecule has 1 fully saturated rings. The van der Waals surface area contributed by atoms with Gasteiger partial charge in [0.15, 0.2) is 0 Å². The number of carbonyl (C=O) groups is 1. The Labute approximate surface area is 148 Å². The maximum absolute atomic E-state index is 12.9. The summed E-state index contributed by atoms with van der Waals surface area (Å²) in [5, 5.41) is 7.31. The summed E-state index contributed by atoms with van der Waals surface area (Å²) in [6, 6.07) is 5.86. The third-order valence-electron chi connectivity index (χ3n) is 4.69. The minimum atomic E-state index is -0.0365. The fourth-order valence-electron chi connectivity index (χ4n) is 3.27. The molecule has 1 aliphatic rings. The van der Waals surface area contributed by atoms with E-state index in [0.29, 0.717) is 13.1 Å². The van der Waals surface area contributed by atoms with Crippen LogP contribution in [0.25, 0.3) is 0 Å². The van der Waals surface area contributed by atoms with Crippen LogP contribution >= 0.6 is 0 Å². The maximum Gasteiger partial charge on any atom is 0.318 e. The molecule has 0 saturated carbocycles. The Morgan fingerprint density at radius 3 is 2.88 bits per heavy atom. The quantitative estimate of drug-likeness (QED) is 0.871. The van der Waals surface area contributed by atoms with Crippen molar-refractivity contribution in [1.29, 1.82) is 0 Å². The molecule has 2 aromatic rings. The van der Waals surface area contributed by atoms with E-state index < -0.39 is 0 Å². The molecular weight excluding hydrogens is 318 g/mol. The van der Waals surface area contributed by atoms with Gasteiger partial charge in [0.05, 0.1) is 19.4 Å². The number of nitrogens with zero attached hydrogens (tertiary/aromatic N) is 4. The smallest absolute Gasteiger partial charge is 0.318 e. The topological polar surface area (TPSA) is 66.5 Å². The van der Waals surface area contributed by atoms with Gasteiger partial charge >= 0.3 is 6.03 Å². The average Bonchev–Trinajstić information content (AvgIpc) is 3.27. The predicted octanol–water partition coefficient (Wildman–Crippen LogP) is 2.17. The summed E-state index contributed by atoms with van der Waals surface area (Å²) >= 11 is 0. The minimum Gasteiger partial charge on any atom is -0.467 e. The van der Waals surface area contributed by atoms with Crippen molar-refractivity contribution in [2.75, 3.05) is 20.1 Å². The molecule has 136 valence electrons. The SMILES string of the molecule is CC(Cn1cccn1)NC(=O)N(Cc1ccco1)C1CCN(C)CC1. The monoisotopic (exact) mass is 345 g/mol. The van der Waals surface area contributed by atoms with Crippen molar-refractivity contribution in [3.05, 3.63) is 42.6 Å². The van der Waals surface area contributed by atoms with E-state index in [2.05, 4.69) is 22.4 Å². The van der Waals surface area contributed by atoms with Crippen molar-refractivity contribution in [2.45, 2.75) is 44.9 Å². The van der Waals surface area contributed by atoms with Gasteiger partial charge in [0.25, 0.3) is 0 Å². The number of likely N-dealkylation sites (tertiary alicyclic amines) is 1. The molecule has 0 radical (unpaired) electrons. The van der Waals surface area contributed by atoms with Gasteiger partial charge in [-0.1, -0.05) is 0 Å². The molecule has 2 aromatic heterocycles. The Balaban J connectivity index is 1.63. The van der Waals surface area contributed by atoms with Crippen LogP contribution in [-0.4, -0.2) is 57.8 Å². The molecule has 1 unspecified atom stereocenters. The molecule has 1 saturated heterocycles. The van der Waals surface area contributed by atoms with E-state index in [9.17, 15) is 4.79 Å². The highest BCUT2D eigenvalue weighted by molar-refractivity contribution is 5.74. The van der Waals surface area contributed by atoms with Crippen LogP contribution in [0.5, 0.6) is 0 Å². The summed E-state index contributed by atoms with van der Waals surface area (Å²) in [6.45, 7) is 5.17. The third-order valence-corrected chi connectivity index (χ3v) is 4.69. The standard InChI is InChI=1S/C18H27N5O2/c1-15(13-22-9-4-8-19-22)20-18(24)23(14-17-5-3-12-25-17)16-6-10-21(2)11-7-16/h3-5,8-9,12,15-16H,6-7,10-11,13-14H2,1-2H3,(H,20,24). The van der Waals surface area contributed by atoms with E-state index in [1.165, 1.54) is 0 Å². The predicted molar refractivity (Wildman–Crippen MR) is 95.0 cm³/mol. The summed E-state index contributed by atoms with van der Waals surface area (Å²) in [4.78, 5) is 17.1. The van der Waals surface area contributed by atoms with Gasteiger partial charge in [-0.2, -0.15) is 5.10 Å². The average molecular weight is 345 g/mol. The highest BCUT2D eigenvalue weighted by Gasteiger charge is 2.28. The fourth-order valence-corrected chi connectivity index (χ4v) is 3.27. The van der Waals surface area contributed by atoms with E-state index in [0.717, 1.165) is 31.7 Å². The molecule has 7 nitrogen and oxygen atoms in total. The van der Waals surface area contributed by atoms with Crippen LogP contribution < -0.4 is 5.32 Å². The minimum absolute atomic E-state index is 0.00207. The van der Waals surface area contributed by atoms with Gasteiger partial charge in [-0.15, -0.1) is 0 Å². The third kappa shape index (κ3) is 4.85. The lowest BCUT2D eigenvalue weighted by Gasteiger charge is -2.37. The number of rotatable bonds is 6. The van der Waals surface area contributed by atoms with Gasteiger partial charge < -0.3 is 19.5 Å². The van der Waals surface area contributed by atoms with Gasteiger partial charge in [-0.3, -0.25) is 4.68 Å². The fraction of sp³-hybridized carbons (Fsp3) is 0.556. The molecular formula is C18H27N5O2. The second-order valence-electron chi connectivity index (χ2n) is 6.82. The molecule has 0 bridgehead atoms. The summed E-state index contributed by atoms with van der Waals surface area (Å²) in [5.41, 5.74) is 0. The Morgan fingerprint density at radius 2 is 2.24 bits per heavy atom. The first-order valence-electron chi connectivity index (χ1n) is 8.87. The normalized spacial score (nSPS) is 17.4. The lowest BCUT2D eigenvalue weighted by molar-refractivity contribution is 0.120. The van der Waals surface area contributed by atoms with Gasteiger partial charge in [-0.05, 0) is 58.1 Å². The van der Waals surface area contributed by atoms with Crippen molar-refractivity contribution < 1.29 is 9.21 Å². The second kappa shape index (κ2) is 8.20. The Morgan fingerprint density at radius 1 is 1.44 bits per heavy atom. The Bertz CT molecular complexity index is 632. The largest absolute Gasteiger partial charge is 0.467 e. The molecule has 0 aromatic carbocycles. The molecule has 3 heterocycles. The first-order chi connectivity index (χ1) is 12.1. The van der Waals surface area contributed by atoms with Crippen LogP contribution in [0.2, 0.25) is 0 Å². The number of carbonyl (C=O) groups excluding carboxylic acids is 1. The van der Waals surface area contributed by atoms with Crippen molar-refractivity contribution in [3.63, 3.8) is 0 Å². The molecule has 7 heteroatoms. The van der Waals surface area contributed by atoms with E-state index in [1.54, 1.807) is 12.5 Å². The molecule has 2 amide bonds. The summed E-state index contributed by atoms with van der Waals surface area (Å²) in [6.07, 6.45) is 7.27. The molecule has 25 heavy (non-hydrogen) atoms. The summed E-state index contributed by atoms with van der Waals surface area (Å²) in [7, 11) is 2.12. The van der Waals surface area contributed by atoms with Crippen LogP contribution in [0, 0.1) is 0 Å². The van der Waals surface area contributed by atoms with Crippen LogP contribution in [0.1, 0.15) is 25.5 Å². The Kier molecular flexibility index (Phi) is 5.75. The van der Waals surface area contributed by atoms with Gasteiger partial charge in [0, 0.05) is 24.5 Å². The van der Waals surface area contributed by atoms with Crippen LogP contribution in [0.3, 0.4) is 0 Å².